The van der Waals surface area contributed by atoms with Crippen molar-refractivity contribution in [1.29, 1.82) is 0 Å². The molecule has 0 aliphatic carbocycles. The molecule has 1 fully saturated rings. The van der Waals surface area contributed by atoms with Crippen molar-refractivity contribution < 1.29 is 9.59 Å². The van der Waals surface area contributed by atoms with Gasteiger partial charge in [0.1, 0.15) is 5.54 Å². The molecule has 4 heteroatoms. The van der Waals surface area contributed by atoms with Crippen molar-refractivity contribution in [3.8, 4) is 0 Å². The van der Waals surface area contributed by atoms with Crippen LogP contribution in [-0.4, -0.2) is 34.8 Å². The zero-order chi connectivity index (χ0) is 13.9. The summed E-state index contributed by atoms with van der Waals surface area (Å²) in [7, 11) is 0. The van der Waals surface area contributed by atoms with Crippen LogP contribution in [0.1, 0.15) is 53.9 Å². The molecule has 0 spiro atoms. The third-order valence-electron chi connectivity index (χ3n) is 4.05. The van der Waals surface area contributed by atoms with Gasteiger partial charge in [0, 0.05) is 19.0 Å². The molecule has 0 aromatic carbocycles. The Labute approximate surface area is 110 Å². The number of amides is 2. The Morgan fingerprint density at radius 3 is 2.33 bits per heavy atom. The molecule has 0 aromatic heterocycles. The summed E-state index contributed by atoms with van der Waals surface area (Å²) in [6, 6.07) is 0.194. The maximum Gasteiger partial charge on any atom is 0.248 e. The maximum absolute atomic E-state index is 12.5. The first kappa shape index (κ1) is 15.0. The molecule has 18 heavy (non-hydrogen) atoms. The molecule has 1 unspecified atom stereocenters. The third kappa shape index (κ3) is 3.03. The third-order valence-corrected chi connectivity index (χ3v) is 4.05. The van der Waals surface area contributed by atoms with Gasteiger partial charge in [0.25, 0.3) is 0 Å². The van der Waals surface area contributed by atoms with Crippen LogP contribution in [0.4, 0.5) is 0 Å². The molecule has 1 aliphatic rings. The molecule has 4 nitrogen and oxygen atoms in total. The first-order chi connectivity index (χ1) is 8.33. The number of hydrogen-bond donors (Lipinski definition) is 1. The van der Waals surface area contributed by atoms with Crippen LogP contribution in [0.15, 0.2) is 0 Å². The molecule has 1 atom stereocenters. The minimum atomic E-state index is -0.784. The second-order valence-electron chi connectivity index (χ2n) is 5.74. The molecule has 0 radical (unpaired) electrons. The van der Waals surface area contributed by atoms with E-state index in [9.17, 15) is 9.59 Å². The number of carbonyl (C=O) groups is 2. The largest absolute Gasteiger partial charge is 0.342 e. The van der Waals surface area contributed by atoms with Gasteiger partial charge in [0.05, 0.1) is 0 Å². The highest BCUT2D eigenvalue weighted by Crippen LogP contribution is 2.23. The summed E-state index contributed by atoms with van der Waals surface area (Å²) in [4.78, 5) is 26.0. The fourth-order valence-electron chi connectivity index (χ4n) is 2.76. The highest BCUT2D eigenvalue weighted by molar-refractivity contribution is 5.93. The van der Waals surface area contributed by atoms with E-state index in [1.54, 1.807) is 13.8 Å². The lowest BCUT2D eigenvalue weighted by molar-refractivity contribution is -0.140. The van der Waals surface area contributed by atoms with Crippen LogP contribution in [0.25, 0.3) is 0 Å². The average molecular weight is 254 g/mol. The van der Waals surface area contributed by atoms with Gasteiger partial charge in [-0.05, 0) is 26.7 Å². The monoisotopic (exact) mass is 254 g/mol. The summed E-state index contributed by atoms with van der Waals surface area (Å²) >= 11 is 0. The van der Waals surface area contributed by atoms with Crippen LogP contribution in [0.5, 0.6) is 0 Å². The van der Waals surface area contributed by atoms with Crippen LogP contribution in [-0.2, 0) is 9.59 Å². The van der Waals surface area contributed by atoms with Crippen LogP contribution in [0.3, 0.4) is 0 Å². The fraction of sp³-hybridized carbons (Fsp3) is 0.857. The number of nitrogens with one attached hydrogen (secondary N) is 1. The van der Waals surface area contributed by atoms with E-state index in [1.165, 1.54) is 0 Å². The zero-order valence-corrected chi connectivity index (χ0v) is 12.2. The Morgan fingerprint density at radius 1 is 1.28 bits per heavy atom. The van der Waals surface area contributed by atoms with Gasteiger partial charge in [0.2, 0.25) is 11.8 Å². The summed E-state index contributed by atoms with van der Waals surface area (Å²) < 4.78 is 0. The highest BCUT2D eigenvalue weighted by atomic mass is 16.2. The quantitative estimate of drug-likeness (QED) is 0.833. The maximum atomic E-state index is 12.5. The summed E-state index contributed by atoms with van der Waals surface area (Å²) in [6.07, 6.45) is 2.52. The molecule has 0 saturated carbocycles. The Bertz CT molecular complexity index is 322. The van der Waals surface area contributed by atoms with Crippen LogP contribution in [0.2, 0.25) is 0 Å². The van der Waals surface area contributed by atoms with Crippen molar-refractivity contribution >= 4 is 11.8 Å². The first-order valence-corrected chi connectivity index (χ1v) is 6.95. The van der Waals surface area contributed by atoms with Gasteiger partial charge in [0.15, 0.2) is 0 Å². The van der Waals surface area contributed by atoms with Crippen LogP contribution in [0, 0.1) is 5.92 Å². The molecule has 1 aliphatic heterocycles. The van der Waals surface area contributed by atoms with Crippen molar-refractivity contribution in [3.05, 3.63) is 0 Å². The lowest BCUT2D eigenvalue weighted by Gasteiger charge is -2.36. The molecular formula is C14H26N2O2. The predicted molar refractivity (Wildman–Crippen MR) is 72.1 cm³/mol. The number of hydrogen-bond acceptors (Lipinski definition) is 2. The molecule has 1 rings (SSSR count). The Morgan fingerprint density at radius 2 is 1.83 bits per heavy atom. The summed E-state index contributed by atoms with van der Waals surface area (Å²) in [5.41, 5.74) is -0.784. The van der Waals surface area contributed by atoms with Gasteiger partial charge in [-0.25, -0.2) is 0 Å². The predicted octanol–water partition coefficient (Wildman–Crippen LogP) is 1.94. The highest BCUT2D eigenvalue weighted by Gasteiger charge is 2.39. The fourth-order valence-corrected chi connectivity index (χ4v) is 2.76. The van der Waals surface area contributed by atoms with Gasteiger partial charge in [-0.3, -0.25) is 9.59 Å². The summed E-state index contributed by atoms with van der Waals surface area (Å²) in [6.45, 7) is 10.5. The normalized spacial score (nSPS) is 21.8. The molecule has 0 aromatic rings. The SMILES string of the molecule is CCC(CC)C(C)N1CCC(=O)NC(C)(C)C1=O. The number of rotatable bonds is 4. The van der Waals surface area contributed by atoms with Crippen molar-refractivity contribution in [2.45, 2.75) is 65.5 Å². The lowest BCUT2D eigenvalue weighted by Crippen LogP contribution is -2.55. The molecule has 1 N–H and O–H groups in total. The Kier molecular flexibility index (Phi) is 4.77. The molecule has 1 heterocycles. The minimum Gasteiger partial charge on any atom is -0.342 e. The molecule has 1 saturated heterocycles. The molecule has 104 valence electrons. The van der Waals surface area contributed by atoms with Gasteiger partial charge in [-0.2, -0.15) is 0 Å². The standard InChI is InChI=1S/C14H26N2O2/c1-6-11(7-2)10(3)16-9-8-12(17)15-14(4,5)13(16)18/h10-11H,6-9H2,1-5H3,(H,15,17). The van der Waals surface area contributed by atoms with E-state index < -0.39 is 5.54 Å². The number of nitrogens with zero attached hydrogens (tertiary/aromatic N) is 1. The lowest BCUT2D eigenvalue weighted by atomic mass is 9.92. The van der Waals surface area contributed by atoms with Gasteiger partial charge in [-0.15, -0.1) is 0 Å². The van der Waals surface area contributed by atoms with Gasteiger partial charge >= 0.3 is 0 Å². The van der Waals surface area contributed by atoms with E-state index in [2.05, 4.69) is 26.1 Å². The zero-order valence-electron chi connectivity index (χ0n) is 12.2. The summed E-state index contributed by atoms with van der Waals surface area (Å²) in [5, 5.41) is 2.80. The molecular weight excluding hydrogens is 228 g/mol. The molecule has 2 amide bonds. The molecule has 0 bridgehead atoms. The average Bonchev–Trinajstić information content (AvgIpc) is 2.38. The van der Waals surface area contributed by atoms with E-state index in [4.69, 9.17) is 0 Å². The first-order valence-electron chi connectivity index (χ1n) is 6.95. The number of carbonyl (C=O) groups excluding carboxylic acids is 2. The van der Waals surface area contributed by atoms with Crippen molar-refractivity contribution in [2.24, 2.45) is 5.92 Å². The van der Waals surface area contributed by atoms with Gasteiger partial charge < -0.3 is 10.2 Å². The van der Waals surface area contributed by atoms with E-state index in [-0.39, 0.29) is 17.9 Å². The van der Waals surface area contributed by atoms with Crippen molar-refractivity contribution in [1.82, 2.24) is 10.2 Å². The topological polar surface area (TPSA) is 49.4 Å². The second kappa shape index (κ2) is 5.72. The van der Waals surface area contributed by atoms with E-state index in [0.717, 1.165) is 12.8 Å². The summed E-state index contributed by atoms with van der Waals surface area (Å²) in [5.74, 6) is 0.498. The Hall–Kier alpha value is -1.06. The van der Waals surface area contributed by atoms with E-state index in [1.807, 2.05) is 4.90 Å². The van der Waals surface area contributed by atoms with E-state index in [0.29, 0.717) is 18.9 Å². The van der Waals surface area contributed by atoms with Crippen molar-refractivity contribution in [3.63, 3.8) is 0 Å². The van der Waals surface area contributed by atoms with Crippen LogP contribution >= 0.6 is 0 Å². The minimum absolute atomic E-state index is 0.0346. The van der Waals surface area contributed by atoms with Crippen molar-refractivity contribution in [2.75, 3.05) is 6.54 Å². The van der Waals surface area contributed by atoms with E-state index >= 15 is 0 Å². The second-order valence-corrected chi connectivity index (χ2v) is 5.74. The Balaban J connectivity index is 2.93. The van der Waals surface area contributed by atoms with Crippen LogP contribution < -0.4 is 5.32 Å². The smallest absolute Gasteiger partial charge is 0.248 e. The van der Waals surface area contributed by atoms with Gasteiger partial charge in [-0.1, -0.05) is 26.7 Å².